The number of nitrogens with one attached hydrogen (secondary N) is 1. The number of hydrogen-bond donors (Lipinski definition) is 6. The maximum absolute atomic E-state index is 11.0. The van der Waals surface area contributed by atoms with Crippen molar-refractivity contribution in [1.29, 1.82) is 0 Å². The summed E-state index contributed by atoms with van der Waals surface area (Å²) in [5.74, 6) is 5.51. The van der Waals surface area contributed by atoms with Crippen LogP contribution in [0.5, 0.6) is 11.5 Å². The molecule has 364 valence electrons. The van der Waals surface area contributed by atoms with E-state index in [1.807, 2.05) is 135 Å². The number of rotatable bonds is 6. The minimum atomic E-state index is -0.470. The Labute approximate surface area is 402 Å². The van der Waals surface area contributed by atoms with Gasteiger partial charge in [0.2, 0.25) is 0 Å². The van der Waals surface area contributed by atoms with Crippen molar-refractivity contribution in [3.63, 3.8) is 0 Å². The van der Waals surface area contributed by atoms with Crippen LogP contribution in [-0.2, 0) is 0 Å². The number of hydrogen-bond acceptors (Lipinski definition) is 13. The number of phenols is 2. The van der Waals surface area contributed by atoms with Gasteiger partial charge in [-0.25, -0.2) is 14.0 Å². The topological polar surface area (TPSA) is 270 Å². The van der Waals surface area contributed by atoms with Crippen LogP contribution >= 0.6 is 0 Å². The molecule has 9 N–H and O–H groups in total. The van der Waals surface area contributed by atoms with Gasteiger partial charge in [-0.05, 0) is 171 Å². The third kappa shape index (κ3) is 15.0. The van der Waals surface area contributed by atoms with Crippen LogP contribution in [0, 0.1) is 96.4 Å². The summed E-state index contributed by atoms with van der Waals surface area (Å²) in [5.41, 5.74) is 28.1. The maximum Gasteiger partial charge on any atom is 0.295 e. The highest BCUT2D eigenvalue weighted by molar-refractivity contribution is 5.62. The van der Waals surface area contributed by atoms with Crippen LogP contribution in [-0.4, -0.2) is 49.4 Å². The lowest BCUT2D eigenvalue weighted by molar-refractivity contribution is -0.384. The minimum Gasteiger partial charge on any atom is -0.506 e. The van der Waals surface area contributed by atoms with Crippen LogP contribution in [0.25, 0.3) is 17.1 Å². The molecule has 0 saturated carbocycles. The minimum absolute atomic E-state index is 0. The van der Waals surface area contributed by atoms with Gasteiger partial charge in [0.1, 0.15) is 28.6 Å². The number of anilines is 3. The Morgan fingerprint density at radius 2 is 0.826 bits per heavy atom. The second kappa shape index (κ2) is 24.3. The lowest BCUT2D eigenvalue weighted by Crippen LogP contribution is -2.08. The van der Waals surface area contributed by atoms with Gasteiger partial charge < -0.3 is 27.1 Å². The Kier molecular flexibility index (Phi) is 19.3. The lowest BCUT2D eigenvalue weighted by Gasteiger charge is -2.08. The maximum atomic E-state index is 11.0. The summed E-state index contributed by atoms with van der Waals surface area (Å²) in [5, 5.41) is 53.3. The number of nitrogens with two attached hydrogens (primary N) is 3. The van der Waals surface area contributed by atoms with Gasteiger partial charge in [0, 0.05) is 29.2 Å². The van der Waals surface area contributed by atoms with E-state index in [2.05, 4.69) is 20.7 Å². The number of aryl methyl sites for hydroxylation is 11. The van der Waals surface area contributed by atoms with Crippen molar-refractivity contribution >= 4 is 28.4 Å². The molecule has 0 atom stereocenters. The first-order chi connectivity index (χ1) is 32.0. The van der Waals surface area contributed by atoms with E-state index in [0.29, 0.717) is 17.1 Å². The zero-order chi connectivity index (χ0) is 50.6. The average molecular weight is 941 g/mol. The number of nitro groups is 2. The highest BCUT2D eigenvalue weighted by Gasteiger charge is 2.18. The summed E-state index contributed by atoms with van der Waals surface area (Å²) in [4.78, 5) is 20.6. The highest BCUT2D eigenvalue weighted by atomic mass is 16.6. The molecule has 18 nitrogen and oxygen atoms in total. The van der Waals surface area contributed by atoms with Crippen molar-refractivity contribution in [2.45, 2.75) is 83.6 Å². The molecule has 0 aliphatic heterocycles. The Bertz CT molecular complexity index is 2950. The fourth-order valence-electron chi connectivity index (χ4n) is 6.83. The van der Waals surface area contributed by atoms with Crippen LogP contribution in [0.2, 0.25) is 0 Å². The fourth-order valence-corrected chi connectivity index (χ4v) is 6.83. The zero-order valence-corrected chi connectivity index (χ0v) is 40.2. The van der Waals surface area contributed by atoms with Crippen LogP contribution in [0.3, 0.4) is 0 Å². The van der Waals surface area contributed by atoms with Crippen LogP contribution in [0.4, 0.5) is 28.4 Å². The molecule has 18 heteroatoms. The normalized spacial score (nSPS) is 10.1. The molecule has 3 aromatic heterocycles. The molecule has 0 fully saturated rings. The molecule has 0 aliphatic carbocycles. The van der Waals surface area contributed by atoms with Gasteiger partial charge in [-0.2, -0.15) is 15.3 Å². The van der Waals surface area contributed by atoms with E-state index in [9.17, 15) is 25.3 Å². The highest BCUT2D eigenvalue weighted by Crippen LogP contribution is 2.27. The molecule has 5 aromatic carbocycles. The third-order valence-electron chi connectivity index (χ3n) is 10.0. The Hall–Kier alpha value is -8.51. The molecule has 8 aromatic rings. The van der Waals surface area contributed by atoms with Crippen molar-refractivity contribution in [3.8, 4) is 28.6 Å². The number of aromatic hydroxyl groups is 2. The van der Waals surface area contributed by atoms with E-state index in [0.717, 1.165) is 79.0 Å². The average Bonchev–Trinajstić information content (AvgIpc) is 3.91. The fraction of sp³-hybridized carbons (Fsp3) is 0.235. The smallest absolute Gasteiger partial charge is 0.295 e. The molecule has 0 bridgehead atoms. The van der Waals surface area contributed by atoms with Gasteiger partial charge in [-0.1, -0.05) is 37.8 Å². The number of nitrogen functional groups attached to an aromatic ring is 3. The molecule has 0 unspecified atom stereocenters. The number of benzene rings is 5. The number of nitrogens with zero attached hydrogens (tertiary/aromatic N) is 8. The van der Waals surface area contributed by atoms with E-state index >= 15 is 0 Å². The van der Waals surface area contributed by atoms with E-state index < -0.39 is 4.92 Å². The molecule has 0 radical (unpaired) electrons. The Balaban J connectivity index is 0.000000231. The standard InChI is InChI=1S/C12H13N3O2.C12H15N3.C12H14N2O.C7H9N3O2.C7H9NO.CH4/c1-8-4-5-11(12(6-8)15(16)17)14-10(3)7-9(2)13-14;1-8-4-5-12(11(13)6-8)15-10(3)7-9(2)14-15;1-8-4-5-11(12(15)6-8)14-10(3)7-9(2)13-14;1-5-2-3-6(9-8)7(4-5)10(11)12;1-5-2-3-6(8)7(9)4-5;/h4-7H,1-3H3;4-7H,13H2,1-3H3;4-7,15H,1-3H3;2-4,9H,8H2,1H3;2-4,9H,8H2,1H3;1H4. The van der Waals surface area contributed by atoms with E-state index in [1.54, 1.807) is 58.8 Å². The Morgan fingerprint density at radius 1 is 0.464 bits per heavy atom. The molecule has 0 aliphatic rings. The first kappa shape index (κ1) is 54.8. The number of phenolic OH excluding ortho intramolecular Hbond substituents is 2. The van der Waals surface area contributed by atoms with Gasteiger partial charge in [-0.3, -0.25) is 26.1 Å². The van der Waals surface area contributed by atoms with Crippen molar-refractivity contribution in [1.82, 2.24) is 29.3 Å². The summed E-state index contributed by atoms with van der Waals surface area (Å²) in [6.45, 7) is 21.2. The van der Waals surface area contributed by atoms with Crippen molar-refractivity contribution in [2.75, 3.05) is 16.9 Å². The molecular formula is C51H64N12O6. The van der Waals surface area contributed by atoms with Crippen LogP contribution < -0.4 is 22.7 Å². The van der Waals surface area contributed by atoms with Gasteiger partial charge in [-0.15, -0.1) is 0 Å². The first-order valence-electron chi connectivity index (χ1n) is 21.3. The molecule has 69 heavy (non-hydrogen) atoms. The van der Waals surface area contributed by atoms with Crippen molar-refractivity contribution in [2.24, 2.45) is 5.84 Å². The molecule has 0 spiro atoms. The van der Waals surface area contributed by atoms with Gasteiger partial charge in [0.05, 0.1) is 44.0 Å². The Morgan fingerprint density at radius 3 is 1.22 bits per heavy atom. The molecule has 0 saturated heterocycles. The van der Waals surface area contributed by atoms with E-state index in [1.165, 1.54) is 6.07 Å². The van der Waals surface area contributed by atoms with Crippen LogP contribution in [0.1, 0.15) is 69.4 Å². The second-order valence-corrected chi connectivity index (χ2v) is 16.3. The predicted octanol–water partition coefficient (Wildman–Crippen LogP) is 10.7. The molecule has 3 heterocycles. The number of nitro benzene ring substituents is 2. The number of hydrazine groups is 1. The van der Waals surface area contributed by atoms with Crippen molar-refractivity contribution in [3.05, 3.63) is 191 Å². The second-order valence-electron chi connectivity index (χ2n) is 16.3. The summed E-state index contributed by atoms with van der Waals surface area (Å²) in [6, 6.07) is 32.6. The quantitative estimate of drug-likeness (QED) is 0.0298. The first-order valence-corrected chi connectivity index (χ1v) is 21.3. The SMILES string of the molecule is C.Cc1ccc(-n2nc(C)cc2C)c(N)c1.Cc1ccc(-n2nc(C)cc2C)c(O)c1.Cc1ccc(-n2nc(C)cc2C)c([N+](=O)[O-])c1.Cc1ccc(N)c(O)c1.Cc1ccc(NN)c([N+](=O)[O-])c1. The number of aromatic nitrogens is 6. The van der Waals surface area contributed by atoms with Gasteiger partial charge in [0.15, 0.2) is 0 Å². The van der Waals surface area contributed by atoms with Gasteiger partial charge >= 0.3 is 0 Å². The zero-order valence-electron chi connectivity index (χ0n) is 40.2. The molecule has 0 amide bonds. The monoisotopic (exact) mass is 941 g/mol. The largest absolute Gasteiger partial charge is 0.506 e. The summed E-state index contributed by atoms with van der Waals surface area (Å²) >= 11 is 0. The summed E-state index contributed by atoms with van der Waals surface area (Å²) in [7, 11) is 0. The summed E-state index contributed by atoms with van der Waals surface area (Å²) < 4.78 is 5.24. The predicted molar refractivity (Wildman–Crippen MR) is 276 cm³/mol. The molecular weight excluding hydrogens is 877 g/mol. The summed E-state index contributed by atoms with van der Waals surface area (Å²) in [6.07, 6.45) is 0. The van der Waals surface area contributed by atoms with Gasteiger partial charge in [0.25, 0.3) is 11.4 Å². The third-order valence-corrected chi connectivity index (χ3v) is 10.0. The van der Waals surface area contributed by atoms with E-state index in [4.69, 9.17) is 22.4 Å². The van der Waals surface area contributed by atoms with Crippen molar-refractivity contribution < 1.29 is 20.1 Å². The van der Waals surface area contributed by atoms with Crippen LogP contribution in [0.15, 0.2) is 109 Å². The van der Waals surface area contributed by atoms with E-state index in [-0.39, 0.29) is 35.2 Å². The molecule has 8 rings (SSSR count). The lowest BCUT2D eigenvalue weighted by atomic mass is 10.2.